The van der Waals surface area contributed by atoms with Gasteiger partial charge in [0.1, 0.15) is 0 Å². The Morgan fingerprint density at radius 3 is 2.65 bits per heavy atom. The van der Waals surface area contributed by atoms with Gasteiger partial charge >= 0.3 is 0 Å². The van der Waals surface area contributed by atoms with Crippen molar-refractivity contribution in [3.63, 3.8) is 0 Å². The predicted molar refractivity (Wildman–Crippen MR) is 104 cm³/mol. The number of nitrogens with zero attached hydrogens (tertiary/aromatic N) is 2. The molecule has 0 saturated heterocycles. The minimum atomic E-state index is -3.33. The summed E-state index contributed by atoms with van der Waals surface area (Å²) in [5, 5.41) is 0.635. The molecule has 138 valence electrons. The summed E-state index contributed by atoms with van der Waals surface area (Å²) in [7, 11) is -1.60. The van der Waals surface area contributed by atoms with Crippen molar-refractivity contribution in [2.45, 2.75) is 25.9 Å². The molecule has 1 amide bonds. The van der Waals surface area contributed by atoms with E-state index in [4.69, 9.17) is 11.6 Å². The van der Waals surface area contributed by atoms with E-state index in [-0.39, 0.29) is 11.9 Å². The number of anilines is 1. The molecule has 7 heteroatoms. The Kier molecular flexibility index (Phi) is 4.99. The van der Waals surface area contributed by atoms with Crippen molar-refractivity contribution in [3.05, 3.63) is 64.2 Å². The van der Waals surface area contributed by atoms with Crippen molar-refractivity contribution in [2.24, 2.45) is 0 Å². The fourth-order valence-electron chi connectivity index (χ4n) is 3.44. The molecule has 5 nitrogen and oxygen atoms in total. The molecule has 0 unspecified atom stereocenters. The molecule has 0 aliphatic carbocycles. The fourth-order valence-corrected chi connectivity index (χ4v) is 4.92. The molecule has 3 rings (SSSR count). The monoisotopic (exact) mass is 392 g/mol. The highest BCUT2D eigenvalue weighted by Gasteiger charge is 2.33. The summed E-state index contributed by atoms with van der Waals surface area (Å²) in [6.45, 7) is 2.32. The third-order valence-corrected chi connectivity index (χ3v) is 6.00. The van der Waals surface area contributed by atoms with Crippen molar-refractivity contribution in [3.8, 4) is 0 Å². The Morgan fingerprint density at radius 2 is 2.00 bits per heavy atom. The number of amides is 1. The van der Waals surface area contributed by atoms with Crippen LogP contribution in [0.25, 0.3) is 0 Å². The van der Waals surface area contributed by atoms with Gasteiger partial charge in [-0.25, -0.2) is 8.42 Å². The summed E-state index contributed by atoms with van der Waals surface area (Å²) < 4.78 is 25.4. The molecular formula is C19H21ClN2O3S. The second-order valence-electron chi connectivity index (χ2n) is 6.75. The number of sulfonamides is 1. The smallest absolute Gasteiger partial charge is 0.253 e. The lowest BCUT2D eigenvalue weighted by molar-refractivity contribution is 0.0785. The zero-order valence-electron chi connectivity index (χ0n) is 14.9. The average Bonchev–Trinajstić information content (AvgIpc) is 2.88. The van der Waals surface area contributed by atoms with Crippen LogP contribution in [0.1, 0.15) is 28.4 Å². The van der Waals surface area contributed by atoms with Crippen LogP contribution < -0.4 is 4.31 Å². The van der Waals surface area contributed by atoms with E-state index in [0.29, 0.717) is 29.2 Å². The van der Waals surface area contributed by atoms with Gasteiger partial charge in [-0.15, -0.1) is 0 Å². The van der Waals surface area contributed by atoms with E-state index in [1.807, 2.05) is 25.1 Å². The van der Waals surface area contributed by atoms with Gasteiger partial charge in [-0.05, 0) is 54.8 Å². The maximum Gasteiger partial charge on any atom is 0.253 e. The fraction of sp³-hybridized carbons (Fsp3) is 0.316. The minimum Gasteiger partial charge on any atom is -0.337 e. The molecule has 0 aromatic heterocycles. The van der Waals surface area contributed by atoms with Gasteiger partial charge in [0, 0.05) is 30.2 Å². The van der Waals surface area contributed by atoms with Gasteiger partial charge in [0.2, 0.25) is 10.0 Å². The highest BCUT2D eigenvalue weighted by molar-refractivity contribution is 7.92. The molecule has 1 heterocycles. The standard InChI is InChI=1S/C19H21ClN2O3S/c1-13-9-16-11-15(7-8-18(16)22(13)26(3,24)25)19(23)21(2)12-14-5-4-6-17(20)10-14/h4-8,10-11,13H,9,12H2,1-3H3/t13-/m0/s1. The van der Waals surface area contributed by atoms with Crippen LogP contribution >= 0.6 is 11.6 Å². The maximum absolute atomic E-state index is 12.8. The van der Waals surface area contributed by atoms with Gasteiger partial charge in [-0.1, -0.05) is 23.7 Å². The summed E-state index contributed by atoms with van der Waals surface area (Å²) in [5.74, 6) is -0.113. The first-order valence-electron chi connectivity index (χ1n) is 8.29. The molecule has 1 aliphatic heterocycles. The van der Waals surface area contributed by atoms with Crippen molar-refractivity contribution >= 4 is 33.2 Å². The highest BCUT2D eigenvalue weighted by atomic mass is 35.5. The third kappa shape index (κ3) is 3.71. The molecule has 0 fully saturated rings. The number of halogens is 1. The molecule has 2 aromatic rings. The summed E-state index contributed by atoms with van der Waals surface area (Å²) >= 11 is 6.00. The highest BCUT2D eigenvalue weighted by Crippen LogP contribution is 2.34. The number of rotatable bonds is 4. The number of hydrogen-bond donors (Lipinski definition) is 0. The summed E-state index contributed by atoms with van der Waals surface area (Å²) in [6.07, 6.45) is 1.80. The van der Waals surface area contributed by atoms with Crippen LogP contribution in [-0.2, 0) is 23.0 Å². The van der Waals surface area contributed by atoms with Crippen LogP contribution in [0, 0.1) is 0 Å². The largest absolute Gasteiger partial charge is 0.337 e. The molecule has 0 spiro atoms. The molecule has 1 aliphatic rings. The van der Waals surface area contributed by atoms with Crippen molar-refractivity contribution < 1.29 is 13.2 Å². The number of carbonyl (C=O) groups is 1. The van der Waals surface area contributed by atoms with Crippen molar-refractivity contribution in [1.29, 1.82) is 0 Å². The Bertz CT molecular complexity index is 959. The zero-order chi connectivity index (χ0) is 19.1. The molecule has 26 heavy (non-hydrogen) atoms. The molecular weight excluding hydrogens is 372 g/mol. The Morgan fingerprint density at radius 1 is 1.27 bits per heavy atom. The first kappa shape index (κ1) is 18.7. The van der Waals surface area contributed by atoms with Gasteiger partial charge in [0.05, 0.1) is 11.9 Å². The summed E-state index contributed by atoms with van der Waals surface area (Å²) in [5.41, 5.74) is 3.04. The number of benzene rings is 2. The van der Waals surface area contributed by atoms with Crippen molar-refractivity contribution in [2.75, 3.05) is 17.6 Å². The second-order valence-corrected chi connectivity index (χ2v) is 9.04. The first-order chi connectivity index (χ1) is 12.2. The Balaban J connectivity index is 1.83. The van der Waals surface area contributed by atoms with Crippen LogP contribution in [0.3, 0.4) is 0 Å². The molecule has 0 bridgehead atoms. The van der Waals surface area contributed by atoms with E-state index < -0.39 is 10.0 Å². The summed E-state index contributed by atoms with van der Waals surface area (Å²) in [6, 6.07) is 12.5. The van der Waals surface area contributed by atoms with E-state index in [2.05, 4.69) is 0 Å². The van der Waals surface area contributed by atoms with Gasteiger partial charge in [0.25, 0.3) is 5.91 Å². The van der Waals surface area contributed by atoms with E-state index >= 15 is 0 Å². The third-order valence-electron chi connectivity index (χ3n) is 4.49. The number of carbonyl (C=O) groups excluding carboxylic acids is 1. The maximum atomic E-state index is 12.8. The lowest BCUT2D eigenvalue weighted by Crippen LogP contribution is -2.34. The van der Waals surface area contributed by atoms with Crippen LogP contribution in [0.5, 0.6) is 0 Å². The predicted octanol–water partition coefficient (Wildman–Crippen LogP) is 3.32. The minimum absolute atomic E-state index is 0.113. The van der Waals surface area contributed by atoms with E-state index in [1.165, 1.54) is 10.6 Å². The van der Waals surface area contributed by atoms with Crippen LogP contribution in [0.15, 0.2) is 42.5 Å². The Labute approximate surface area is 159 Å². The quantitative estimate of drug-likeness (QED) is 0.801. The van der Waals surface area contributed by atoms with E-state index in [0.717, 1.165) is 11.1 Å². The molecule has 2 aromatic carbocycles. The number of hydrogen-bond acceptors (Lipinski definition) is 3. The molecule has 0 N–H and O–H groups in total. The zero-order valence-corrected chi connectivity index (χ0v) is 16.5. The normalized spacial score (nSPS) is 16.5. The molecule has 0 radical (unpaired) electrons. The molecule has 0 saturated carbocycles. The van der Waals surface area contributed by atoms with Crippen LogP contribution in [0.2, 0.25) is 5.02 Å². The molecule has 1 atom stereocenters. The first-order valence-corrected chi connectivity index (χ1v) is 10.5. The average molecular weight is 393 g/mol. The van der Waals surface area contributed by atoms with E-state index in [1.54, 1.807) is 36.2 Å². The van der Waals surface area contributed by atoms with Crippen molar-refractivity contribution in [1.82, 2.24) is 4.90 Å². The SMILES string of the molecule is C[C@H]1Cc2cc(C(=O)N(C)Cc3cccc(Cl)c3)ccc2N1S(C)(=O)=O. The van der Waals surface area contributed by atoms with E-state index in [9.17, 15) is 13.2 Å². The van der Waals surface area contributed by atoms with Crippen LogP contribution in [-0.4, -0.2) is 38.6 Å². The second kappa shape index (κ2) is 6.93. The van der Waals surface area contributed by atoms with Gasteiger partial charge in [0.15, 0.2) is 0 Å². The Hall–Kier alpha value is -2.05. The topological polar surface area (TPSA) is 57.7 Å². The van der Waals surface area contributed by atoms with Gasteiger partial charge < -0.3 is 4.90 Å². The lowest BCUT2D eigenvalue weighted by atomic mass is 10.1. The summed E-state index contributed by atoms with van der Waals surface area (Å²) in [4.78, 5) is 14.4. The van der Waals surface area contributed by atoms with Gasteiger partial charge in [-0.2, -0.15) is 0 Å². The van der Waals surface area contributed by atoms with Gasteiger partial charge in [-0.3, -0.25) is 9.10 Å². The number of fused-ring (bicyclic) bond motifs is 1. The van der Waals surface area contributed by atoms with Crippen LogP contribution in [0.4, 0.5) is 5.69 Å². The lowest BCUT2D eigenvalue weighted by Gasteiger charge is -2.22.